The van der Waals surface area contributed by atoms with E-state index >= 15 is 0 Å². The average molecular weight is 111 g/mol. The van der Waals surface area contributed by atoms with Crippen molar-refractivity contribution in [2.75, 3.05) is 0 Å². The van der Waals surface area contributed by atoms with Crippen molar-refractivity contribution >= 4 is 5.91 Å². The molecule has 0 atom stereocenters. The Balaban J connectivity index is 3.68. The number of nitrogens with two attached hydrogens (primary N) is 1. The van der Waals surface area contributed by atoms with Gasteiger partial charge in [-0.3, -0.25) is 4.79 Å². The van der Waals surface area contributed by atoms with Crippen LogP contribution in [0.15, 0.2) is 0 Å². The molecule has 0 saturated heterocycles. The van der Waals surface area contributed by atoms with E-state index in [2.05, 4.69) is 11.8 Å². The van der Waals surface area contributed by atoms with Crippen molar-refractivity contribution in [2.45, 2.75) is 13.8 Å². The minimum atomic E-state index is -0.557. The van der Waals surface area contributed by atoms with Crippen LogP contribution in [-0.4, -0.2) is 5.91 Å². The zero-order valence-corrected chi connectivity index (χ0v) is 5.06. The summed E-state index contributed by atoms with van der Waals surface area (Å²) in [6.07, 6.45) is 0. The summed E-state index contributed by atoms with van der Waals surface area (Å²) < 4.78 is 0. The molecule has 0 fully saturated rings. The fourth-order valence-electron chi connectivity index (χ4n) is 0.215. The van der Waals surface area contributed by atoms with Gasteiger partial charge in [-0.1, -0.05) is 19.8 Å². The highest BCUT2D eigenvalue weighted by molar-refractivity contribution is 5.91. The van der Waals surface area contributed by atoms with Crippen LogP contribution >= 0.6 is 0 Å². The highest BCUT2D eigenvalue weighted by Gasteiger charge is 1.82. The van der Waals surface area contributed by atoms with Crippen molar-refractivity contribution in [2.24, 2.45) is 11.7 Å². The fourth-order valence-corrected chi connectivity index (χ4v) is 0.215. The second-order valence-corrected chi connectivity index (χ2v) is 1.79. The summed E-state index contributed by atoms with van der Waals surface area (Å²) in [6.45, 7) is 3.80. The molecule has 0 aromatic heterocycles. The first kappa shape index (κ1) is 7.03. The Kier molecular flexibility index (Phi) is 2.71. The summed E-state index contributed by atoms with van der Waals surface area (Å²) in [5, 5.41) is 0. The molecule has 2 nitrogen and oxygen atoms in total. The van der Waals surface area contributed by atoms with Gasteiger partial charge in [0.25, 0.3) is 5.91 Å². The average Bonchev–Trinajstić information content (AvgIpc) is 1.61. The smallest absolute Gasteiger partial charge is 0.293 e. The molecule has 0 aliphatic rings. The maximum Gasteiger partial charge on any atom is 0.293 e. The third-order valence-corrected chi connectivity index (χ3v) is 0.484. The molecule has 0 unspecified atom stereocenters. The lowest BCUT2D eigenvalue weighted by Gasteiger charge is -1.83. The van der Waals surface area contributed by atoms with Crippen LogP contribution in [-0.2, 0) is 4.79 Å². The highest BCUT2D eigenvalue weighted by Crippen LogP contribution is 1.83. The minimum absolute atomic E-state index is 0.225. The van der Waals surface area contributed by atoms with Crippen LogP contribution in [0.4, 0.5) is 0 Å². The van der Waals surface area contributed by atoms with E-state index in [0.717, 1.165) is 0 Å². The molecule has 0 saturated carbocycles. The van der Waals surface area contributed by atoms with E-state index in [9.17, 15) is 4.79 Å². The molecule has 0 aliphatic carbocycles. The molecule has 44 valence electrons. The first-order chi connectivity index (χ1) is 3.63. The number of carbonyl (C=O) groups is 1. The maximum atomic E-state index is 9.95. The van der Waals surface area contributed by atoms with Gasteiger partial charge in [0.2, 0.25) is 0 Å². The van der Waals surface area contributed by atoms with Crippen molar-refractivity contribution < 1.29 is 4.79 Å². The predicted octanol–water partition coefficient (Wildman–Crippen LogP) is 0.131. The van der Waals surface area contributed by atoms with Crippen molar-refractivity contribution in [3.8, 4) is 11.8 Å². The SMILES string of the molecule is CC(C)C#CC(N)=O. The third kappa shape index (κ3) is 5.03. The Hall–Kier alpha value is -0.970. The van der Waals surface area contributed by atoms with E-state index in [1.807, 2.05) is 13.8 Å². The predicted molar refractivity (Wildman–Crippen MR) is 31.8 cm³/mol. The topological polar surface area (TPSA) is 43.1 Å². The molecule has 0 rings (SSSR count). The molecule has 0 aromatic carbocycles. The number of rotatable bonds is 0. The van der Waals surface area contributed by atoms with Crippen molar-refractivity contribution in [3.63, 3.8) is 0 Å². The van der Waals surface area contributed by atoms with Gasteiger partial charge in [-0.2, -0.15) is 0 Å². The van der Waals surface area contributed by atoms with Gasteiger partial charge >= 0.3 is 0 Å². The number of primary amides is 1. The second-order valence-electron chi connectivity index (χ2n) is 1.79. The van der Waals surface area contributed by atoms with Crippen LogP contribution < -0.4 is 5.73 Å². The molecule has 0 radical (unpaired) electrons. The van der Waals surface area contributed by atoms with E-state index in [4.69, 9.17) is 5.73 Å². The first-order valence-corrected chi connectivity index (χ1v) is 2.44. The Morgan fingerprint density at radius 3 is 2.25 bits per heavy atom. The van der Waals surface area contributed by atoms with Crippen LogP contribution in [0.5, 0.6) is 0 Å². The Labute approximate surface area is 49.1 Å². The molecular formula is C6H9NO. The summed E-state index contributed by atoms with van der Waals surface area (Å²) in [4.78, 5) is 9.95. The third-order valence-electron chi connectivity index (χ3n) is 0.484. The molecule has 1 amide bonds. The molecule has 2 N–H and O–H groups in total. The molecule has 0 heterocycles. The van der Waals surface area contributed by atoms with E-state index in [1.165, 1.54) is 0 Å². The second kappa shape index (κ2) is 3.09. The number of hydrogen-bond acceptors (Lipinski definition) is 1. The normalized spacial score (nSPS) is 7.88. The maximum absolute atomic E-state index is 9.95. The van der Waals surface area contributed by atoms with Crippen LogP contribution in [0.2, 0.25) is 0 Å². The van der Waals surface area contributed by atoms with Gasteiger partial charge in [0, 0.05) is 5.92 Å². The van der Waals surface area contributed by atoms with Crippen LogP contribution in [0.25, 0.3) is 0 Å². The van der Waals surface area contributed by atoms with Gasteiger partial charge in [-0.25, -0.2) is 0 Å². The van der Waals surface area contributed by atoms with E-state index in [0.29, 0.717) is 0 Å². The lowest BCUT2D eigenvalue weighted by molar-refractivity contribution is -0.112. The minimum Gasteiger partial charge on any atom is -0.359 e. The molecule has 0 aromatic rings. The molecular weight excluding hydrogens is 102 g/mol. The van der Waals surface area contributed by atoms with Crippen LogP contribution in [0, 0.1) is 17.8 Å². The van der Waals surface area contributed by atoms with Crippen molar-refractivity contribution in [3.05, 3.63) is 0 Å². The monoisotopic (exact) mass is 111 g/mol. The summed E-state index contributed by atoms with van der Waals surface area (Å²) in [7, 11) is 0. The summed E-state index contributed by atoms with van der Waals surface area (Å²) in [5.41, 5.74) is 4.73. The Morgan fingerprint density at radius 1 is 1.62 bits per heavy atom. The molecule has 0 spiro atoms. The first-order valence-electron chi connectivity index (χ1n) is 2.44. The molecule has 0 aliphatic heterocycles. The Morgan fingerprint density at radius 2 is 2.12 bits per heavy atom. The van der Waals surface area contributed by atoms with Gasteiger partial charge in [0.15, 0.2) is 0 Å². The van der Waals surface area contributed by atoms with Gasteiger partial charge in [0.05, 0.1) is 0 Å². The Bertz CT molecular complexity index is 138. The number of hydrogen-bond donors (Lipinski definition) is 1. The van der Waals surface area contributed by atoms with Gasteiger partial charge in [0.1, 0.15) is 0 Å². The van der Waals surface area contributed by atoms with Crippen molar-refractivity contribution in [1.82, 2.24) is 0 Å². The van der Waals surface area contributed by atoms with Gasteiger partial charge in [-0.15, -0.1) is 0 Å². The standard InChI is InChI=1S/C6H9NO/c1-5(2)3-4-6(7)8/h5H,1-2H3,(H2,7,8). The van der Waals surface area contributed by atoms with E-state index in [-0.39, 0.29) is 5.92 Å². The summed E-state index contributed by atoms with van der Waals surface area (Å²) in [6, 6.07) is 0. The van der Waals surface area contributed by atoms with Crippen LogP contribution in [0.1, 0.15) is 13.8 Å². The molecule has 0 bridgehead atoms. The summed E-state index contributed by atoms with van der Waals surface area (Å²) in [5.74, 6) is 4.52. The zero-order valence-electron chi connectivity index (χ0n) is 5.06. The summed E-state index contributed by atoms with van der Waals surface area (Å²) >= 11 is 0. The van der Waals surface area contributed by atoms with E-state index in [1.54, 1.807) is 0 Å². The highest BCUT2D eigenvalue weighted by atomic mass is 16.1. The molecule has 2 heteroatoms. The lowest BCUT2D eigenvalue weighted by atomic mass is 10.2. The van der Waals surface area contributed by atoms with Crippen molar-refractivity contribution in [1.29, 1.82) is 0 Å². The van der Waals surface area contributed by atoms with Gasteiger partial charge in [-0.05, 0) is 5.92 Å². The van der Waals surface area contributed by atoms with Crippen LogP contribution in [0.3, 0.4) is 0 Å². The molecule has 8 heavy (non-hydrogen) atoms. The van der Waals surface area contributed by atoms with Gasteiger partial charge < -0.3 is 5.73 Å². The fraction of sp³-hybridized carbons (Fsp3) is 0.500. The largest absolute Gasteiger partial charge is 0.359 e. The number of carbonyl (C=O) groups excluding carboxylic acids is 1. The quantitative estimate of drug-likeness (QED) is 0.444. The lowest BCUT2D eigenvalue weighted by Crippen LogP contribution is -2.06. The number of amides is 1. The van der Waals surface area contributed by atoms with E-state index < -0.39 is 5.91 Å². The zero-order chi connectivity index (χ0) is 6.57.